The molecular formula is C19H21N5O2. The first-order chi connectivity index (χ1) is 12.7. The van der Waals surface area contributed by atoms with Gasteiger partial charge in [0.25, 0.3) is 0 Å². The van der Waals surface area contributed by atoms with Crippen molar-refractivity contribution in [1.82, 2.24) is 20.1 Å². The third kappa shape index (κ3) is 3.37. The van der Waals surface area contributed by atoms with Crippen LogP contribution in [0.3, 0.4) is 0 Å². The molecule has 2 aliphatic heterocycles. The Kier molecular flexibility index (Phi) is 4.51. The van der Waals surface area contributed by atoms with Crippen molar-refractivity contribution in [3.05, 3.63) is 47.6 Å². The van der Waals surface area contributed by atoms with Gasteiger partial charge in [-0.3, -0.25) is 9.59 Å². The van der Waals surface area contributed by atoms with E-state index in [-0.39, 0.29) is 11.8 Å². The van der Waals surface area contributed by atoms with Gasteiger partial charge in [-0.25, -0.2) is 0 Å². The van der Waals surface area contributed by atoms with Crippen LogP contribution in [-0.2, 0) is 29.1 Å². The van der Waals surface area contributed by atoms with Crippen LogP contribution in [-0.4, -0.2) is 33.1 Å². The summed E-state index contributed by atoms with van der Waals surface area (Å²) < 4.78 is 2.07. The van der Waals surface area contributed by atoms with Crippen LogP contribution in [0.15, 0.2) is 30.3 Å². The van der Waals surface area contributed by atoms with E-state index in [1.54, 1.807) is 11.0 Å². The lowest BCUT2D eigenvalue weighted by Gasteiger charge is -2.15. The Bertz CT molecular complexity index is 853. The molecule has 0 saturated carbocycles. The molecule has 1 N–H and O–H groups in total. The number of hydrogen-bond donors (Lipinski definition) is 1. The fourth-order valence-corrected chi connectivity index (χ4v) is 3.43. The lowest BCUT2D eigenvalue weighted by atomic mass is 10.2. The number of carbonyl (C=O) groups is 2. The molecule has 3 heterocycles. The van der Waals surface area contributed by atoms with E-state index in [4.69, 9.17) is 0 Å². The Morgan fingerprint density at radius 1 is 1.12 bits per heavy atom. The van der Waals surface area contributed by atoms with Crippen molar-refractivity contribution < 1.29 is 9.59 Å². The smallest absolute Gasteiger partial charge is 0.244 e. The number of aromatic nitrogens is 3. The number of carbonyl (C=O) groups excluding carboxylic acids is 2. The van der Waals surface area contributed by atoms with Gasteiger partial charge in [0.1, 0.15) is 5.82 Å². The van der Waals surface area contributed by atoms with Gasteiger partial charge in [0.2, 0.25) is 11.8 Å². The summed E-state index contributed by atoms with van der Waals surface area (Å²) in [7, 11) is 0. The van der Waals surface area contributed by atoms with Gasteiger partial charge in [0.05, 0.1) is 6.54 Å². The fourth-order valence-electron chi connectivity index (χ4n) is 3.43. The molecule has 0 spiro atoms. The van der Waals surface area contributed by atoms with Crippen molar-refractivity contribution in [2.24, 2.45) is 0 Å². The summed E-state index contributed by atoms with van der Waals surface area (Å²) >= 11 is 0. The number of amides is 2. The van der Waals surface area contributed by atoms with Gasteiger partial charge >= 0.3 is 0 Å². The van der Waals surface area contributed by atoms with Crippen molar-refractivity contribution in [3.8, 4) is 0 Å². The molecule has 2 amide bonds. The summed E-state index contributed by atoms with van der Waals surface area (Å²) in [4.78, 5) is 25.6. The molecule has 2 aromatic rings. The van der Waals surface area contributed by atoms with Gasteiger partial charge in [-0.2, -0.15) is 0 Å². The number of anilines is 1. The highest BCUT2D eigenvalue weighted by molar-refractivity contribution is 5.95. The SMILES string of the molecule is O=C(/C=C/c1ccc(N2CCCC2=O)cc1)NCc1nnc2n1CCC2. The zero-order chi connectivity index (χ0) is 17.9. The van der Waals surface area contributed by atoms with E-state index >= 15 is 0 Å². The van der Waals surface area contributed by atoms with Crippen LogP contribution in [0, 0.1) is 0 Å². The highest BCUT2D eigenvalue weighted by Gasteiger charge is 2.21. The minimum absolute atomic E-state index is 0.167. The highest BCUT2D eigenvalue weighted by Crippen LogP contribution is 2.21. The number of aryl methyl sites for hydroxylation is 1. The van der Waals surface area contributed by atoms with Crippen LogP contribution >= 0.6 is 0 Å². The third-order valence-electron chi connectivity index (χ3n) is 4.81. The number of benzene rings is 1. The summed E-state index contributed by atoms with van der Waals surface area (Å²) in [6.07, 6.45) is 6.86. The molecule has 7 nitrogen and oxygen atoms in total. The van der Waals surface area contributed by atoms with Gasteiger partial charge in [-0.05, 0) is 36.6 Å². The Balaban J connectivity index is 1.32. The molecule has 1 saturated heterocycles. The monoisotopic (exact) mass is 351 g/mol. The number of nitrogens with zero attached hydrogens (tertiary/aromatic N) is 4. The second-order valence-corrected chi connectivity index (χ2v) is 6.58. The molecule has 1 aromatic carbocycles. The van der Waals surface area contributed by atoms with E-state index in [1.165, 1.54) is 6.08 Å². The van der Waals surface area contributed by atoms with Crippen LogP contribution in [0.4, 0.5) is 5.69 Å². The van der Waals surface area contributed by atoms with Crippen LogP contribution in [0.2, 0.25) is 0 Å². The molecule has 0 unspecified atom stereocenters. The number of rotatable bonds is 5. The highest BCUT2D eigenvalue weighted by atomic mass is 16.2. The van der Waals surface area contributed by atoms with Gasteiger partial charge in [0, 0.05) is 37.7 Å². The third-order valence-corrected chi connectivity index (χ3v) is 4.81. The van der Waals surface area contributed by atoms with Crippen LogP contribution < -0.4 is 10.2 Å². The average Bonchev–Trinajstić information content (AvgIpc) is 3.36. The molecule has 4 rings (SSSR count). The average molecular weight is 351 g/mol. The Morgan fingerprint density at radius 3 is 2.69 bits per heavy atom. The lowest BCUT2D eigenvalue weighted by Crippen LogP contribution is -2.23. The van der Waals surface area contributed by atoms with E-state index in [0.29, 0.717) is 13.0 Å². The first kappa shape index (κ1) is 16.5. The zero-order valence-electron chi connectivity index (χ0n) is 14.5. The maximum absolute atomic E-state index is 12.0. The topological polar surface area (TPSA) is 80.1 Å². The predicted molar refractivity (Wildman–Crippen MR) is 97.3 cm³/mol. The quantitative estimate of drug-likeness (QED) is 0.831. The second kappa shape index (κ2) is 7.11. The maximum atomic E-state index is 12.0. The number of nitrogens with one attached hydrogen (secondary N) is 1. The standard InChI is InChI=1S/C19H21N5O2/c25-18(20-13-17-22-21-16-3-1-12-24(16)17)10-7-14-5-8-15(9-6-14)23-11-2-4-19(23)26/h5-10H,1-4,11-13H2,(H,20,25)/b10-7+. The van der Waals surface area contributed by atoms with Crippen molar-refractivity contribution in [2.75, 3.05) is 11.4 Å². The predicted octanol–water partition coefficient (Wildman–Crippen LogP) is 1.68. The Morgan fingerprint density at radius 2 is 1.92 bits per heavy atom. The molecule has 1 fully saturated rings. The zero-order valence-corrected chi connectivity index (χ0v) is 14.5. The molecule has 1 aromatic heterocycles. The molecular weight excluding hydrogens is 330 g/mol. The summed E-state index contributed by atoms with van der Waals surface area (Å²) in [6, 6.07) is 7.66. The summed E-state index contributed by atoms with van der Waals surface area (Å²) in [5.41, 5.74) is 1.83. The fraction of sp³-hybridized carbons (Fsp3) is 0.368. The minimum Gasteiger partial charge on any atom is -0.345 e. The first-order valence-corrected chi connectivity index (χ1v) is 8.98. The van der Waals surface area contributed by atoms with E-state index in [0.717, 1.165) is 55.3 Å². The van der Waals surface area contributed by atoms with Gasteiger partial charge in [-0.1, -0.05) is 12.1 Å². The van der Waals surface area contributed by atoms with Crippen molar-refractivity contribution in [1.29, 1.82) is 0 Å². The number of hydrogen-bond acceptors (Lipinski definition) is 4. The Hall–Kier alpha value is -2.96. The first-order valence-electron chi connectivity index (χ1n) is 8.98. The Labute approximate surface area is 151 Å². The molecule has 7 heteroatoms. The molecule has 26 heavy (non-hydrogen) atoms. The van der Waals surface area contributed by atoms with E-state index in [1.807, 2.05) is 24.3 Å². The normalized spacial score (nSPS) is 16.5. The molecule has 0 bridgehead atoms. The van der Waals surface area contributed by atoms with Gasteiger partial charge in [0.15, 0.2) is 5.82 Å². The molecule has 0 radical (unpaired) electrons. The second-order valence-electron chi connectivity index (χ2n) is 6.58. The van der Waals surface area contributed by atoms with Crippen molar-refractivity contribution in [2.45, 2.75) is 38.8 Å². The largest absolute Gasteiger partial charge is 0.345 e. The minimum atomic E-state index is -0.167. The molecule has 0 atom stereocenters. The van der Waals surface area contributed by atoms with Gasteiger partial charge < -0.3 is 14.8 Å². The van der Waals surface area contributed by atoms with Crippen LogP contribution in [0.5, 0.6) is 0 Å². The van der Waals surface area contributed by atoms with Crippen LogP contribution in [0.1, 0.15) is 36.5 Å². The van der Waals surface area contributed by atoms with E-state index in [9.17, 15) is 9.59 Å². The molecule has 2 aliphatic rings. The summed E-state index contributed by atoms with van der Waals surface area (Å²) in [5.74, 6) is 1.81. The van der Waals surface area contributed by atoms with E-state index < -0.39 is 0 Å². The molecule has 134 valence electrons. The number of fused-ring (bicyclic) bond motifs is 1. The van der Waals surface area contributed by atoms with Crippen molar-refractivity contribution in [3.63, 3.8) is 0 Å². The van der Waals surface area contributed by atoms with Crippen LogP contribution in [0.25, 0.3) is 6.08 Å². The lowest BCUT2D eigenvalue weighted by molar-refractivity contribution is -0.117. The molecule has 0 aliphatic carbocycles. The maximum Gasteiger partial charge on any atom is 0.244 e. The summed E-state index contributed by atoms with van der Waals surface area (Å²) in [5, 5.41) is 11.1. The van der Waals surface area contributed by atoms with E-state index in [2.05, 4.69) is 20.1 Å². The van der Waals surface area contributed by atoms with Crippen molar-refractivity contribution >= 4 is 23.6 Å². The summed E-state index contributed by atoms with van der Waals surface area (Å²) in [6.45, 7) is 2.09. The van der Waals surface area contributed by atoms with Gasteiger partial charge in [-0.15, -0.1) is 10.2 Å².